The zero-order valence-corrected chi connectivity index (χ0v) is 16.2. The smallest absolute Gasteiger partial charge is 0.412 e. The molecule has 0 aliphatic rings. The molecule has 0 bridgehead atoms. The van der Waals surface area contributed by atoms with Crippen molar-refractivity contribution in [1.82, 2.24) is 9.97 Å². The van der Waals surface area contributed by atoms with Crippen LogP contribution < -0.4 is 10.2 Å². The van der Waals surface area contributed by atoms with Gasteiger partial charge in [0.25, 0.3) is 0 Å². The number of nitrogens with zero attached hydrogens (tertiary/aromatic N) is 4. The number of amides is 1. The molecule has 138 valence electrons. The first-order valence-electron chi connectivity index (χ1n) is 7.98. The predicted octanol–water partition coefficient (Wildman–Crippen LogP) is 4.29. The van der Waals surface area contributed by atoms with Crippen LogP contribution in [0.2, 0.25) is 5.28 Å². The number of carbonyl (C=O) groups is 1. The lowest BCUT2D eigenvalue weighted by Crippen LogP contribution is -2.27. The Morgan fingerprint density at radius 3 is 2.69 bits per heavy atom. The van der Waals surface area contributed by atoms with Gasteiger partial charge in [-0.25, -0.2) is 14.8 Å². The summed E-state index contributed by atoms with van der Waals surface area (Å²) in [6.45, 7) is 5.43. The molecular formula is C18H22ClN5O2. The molecule has 2 rings (SSSR count). The van der Waals surface area contributed by atoms with Gasteiger partial charge < -0.3 is 9.64 Å². The summed E-state index contributed by atoms with van der Waals surface area (Å²) in [6, 6.07) is 7.29. The van der Waals surface area contributed by atoms with Crippen molar-refractivity contribution in [3.05, 3.63) is 41.3 Å². The molecule has 0 atom stereocenters. The number of nitrogens with one attached hydrogen (secondary N) is 1. The minimum Gasteiger partial charge on any atom is -0.444 e. The first kappa shape index (κ1) is 19.7. The molecule has 1 aromatic carbocycles. The molecule has 0 radical (unpaired) electrons. The van der Waals surface area contributed by atoms with E-state index in [0.717, 1.165) is 11.3 Å². The van der Waals surface area contributed by atoms with Gasteiger partial charge in [-0.2, -0.15) is 0 Å². The van der Waals surface area contributed by atoms with Gasteiger partial charge in [0.15, 0.2) is 0 Å². The Labute approximate surface area is 158 Å². The zero-order valence-electron chi connectivity index (χ0n) is 15.4. The summed E-state index contributed by atoms with van der Waals surface area (Å²) in [6.07, 6.45) is 2.73. The first-order chi connectivity index (χ1) is 12.2. The number of aliphatic imine (C=N–C) groups is 1. The van der Waals surface area contributed by atoms with Crippen LogP contribution in [-0.4, -0.2) is 42.0 Å². The van der Waals surface area contributed by atoms with E-state index in [1.54, 1.807) is 31.6 Å². The number of benzene rings is 1. The summed E-state index contributed by atoms with van der Waals surface area (Å²) in [7, 11) is 3.53. The van der Waals surface area contributed by atoms with Gasteiger partial charge in [-0.05, 0) is 56.6 Å². The van der Waals surface area contributed by atoms with Gasteiger partial charge in [-0.3, -0.25) is 10.3 Å². The van der Waals surface area contributed by atoms with Crippen molar-refractivity contribution in [1.29, 1.82) is 0 Å². The maximum atomic E-state index is 12.0. The number of halogens is 1. The average Bonchev–Trinajstić information content (AvgIpc) is 2.54. The van der Waals surface area contributed by atoms with Crippen LogP contribution in [0.4, 0.5) is 22.0 Å². The van der Waals surface area contributed by atoms with E-state index >= 15 is 0 Å². The van der Waals surface area contributed by atoms with E-state index in [1.807, 2.05) is 44.9 Å². The van der Waals surface area contributed by atoms with Gasteiger partial charge >= 0.3 is 6.09 Å². The molecule has 7 nitrogen and oxygen atoms in total. The van der Waals surface area contributed by atoms with Crippen LogP contribution >= 0.6 is 11.6 Å². The molecule has 1 aromatic heterocycles. The Hall–Kier alpha value is -2.67. The standard InChI is InChI=1S/C18H22ClN5O2/c1-18(2,3)26-17(25)22-14-7-6-13(10-12(14)11-20-4)24(5)15-8-9-21-16(19)23-15/h6-11H,1-5H3,(H,22,25). The quantitative estimate of drug-likeness (QED) is 0.636. The molecular weight excluding hydrogens is 354 g/mol. The summed E-state index contributed by atoms with van der Waals surface area (Å²) in [5.74, 6) is 0.650. The Bertz CT molecular complexity index is 817. The van der Waals surface area contributed by atoms with Crippen LogP contribution in [0.15, 0.2) is 35.5 Å². The van der Waals surface area contributed by atoms with Crippen LogP contribution in [0, 0.1) is 0 Å². The Morgan fingerprint density at radius 2 is 2.08 bits per heavy atom. The van der Waals surface area contributed by atoms with Crippen molar-refractivity contribution in [2.75, 3.05) is 24.3 Å². The van der Waals surface area contributed by atoms with Crippen molar-refractivity contribution >= 4 is 41.1 Å². The van der Waals surface area contributed by atoms with Crippen molar-refractivity contribution < 1.29 is 9.53 Å². The lowest BCUT2D eigenvalue weighted by molar-refractivity contribution is 0.0636. The molecule has 2 aromatic rings. The summed E-state index contributed by atoms with van der Waals surface area (Å²) < 4.78 is 5.30. The number of rotatable bonds is 4. The van der Waals surface area contributed by atoms with E-state index in [1.165, 1.54) is 0 Å². The molecule has 1 heterocycles. The van der Waals surface area contributed by atoms with E-state index < -0.39 is 11.7 Å². The molecule has 1 amide bonds. The molecule has 0 aliphatic heterocycles. The number of carbonyl (C=O) groups excluding carboxylic acids is 1. The monoisotopic (exact) mass is 375 g/mol. The highest BCUT2D eigenvalue weighted by Crippen LogP contribution is 2.27. The van der Waals surface area contributed by atoms with Gasteiger partial charge in [0.05, 0.1) is 5.69 Å². The molecule has 0 aliphatic carbocycles. The summed E-state index contributed by atoms with van der Waals surface area (Å²) in [5, 5.41) is 2.92. The predicted molar refractivity (Wildman–Crippen MR) is 105 cm³/mol. The number of ether oxygens (including phenoxy) is 1. The SMILES string of the molecule is CN=Cc1cc(N(C)c2ccnc(Cl)n2)ccc1NC(=O)OC(C)(C)C. The fraction of sp³-hybridized carbons (Fsp3) is 0.333. The number of anilines is 3. The summed E-state index contributed by atoms with van der Waals surface area (Å²) >= 11 is 5.86. The number of aromatic nitrogens is 2. The second-order valence-electron chi connectivity index (χ2n) is 6.53. The lowest BCUT2D eigenvalue weighted by atomic mass is 10.1. The molecule has 26 heavy (non-hydrogen) atoms. The highest BCUT2D eigenvalue weighted by atomic mass is 35.5. The van der Waals surface area contributed by atoms with Crippen LogP contribution in [0.25, 0.3) is 0 Å². The van der Waals surface area contributed by atoms with Gasteiger partial charge in [0.1, 0.15) is 11.4 Å². The van der Waals surface area contributed by atoms with Crippen molar-refractivity contribution in [3.63, 3.8) is 0 Å². The van der Waals surface area contributed by atoms with E-state index in [0.29, 0.717) is 11.5 Å². The molecule has 0 spiro atoms. The highest BCUT2D eigenvalue weighted by molar-refractivity contribution is 6.28. The van der Waals surface area contributed by atoms with E-state index in [-0.39, 0.29) is 5.28 Å². The highest BCUT2D eigenvalue weighted by Gasteiger charge is 2.17. The van der Waals surface area contributed by atoms with Crippen LogP contribution in [0.1, 0.15) is 26.3 Å². The van der Waals surface area contributed by atoms with Crippen LogP contribution in [0.5, 0.6) is 0 Å². The Balaban J connectivity index is 2.29. The van der Waals surface area contributed by atoms with Gasteiger partial charge in [-0.15, -0.1) is 0 Å². The van der Waals surface area contributed by atoms with Gasteiger partial charge in [-0.1, -0.05) is 0 Å². The van der Waals surface area contributed by atoms with E-state index in [2.05, 4.69) is 20.3 Å². The Morgan fingerprint density at radius 1 is 1.35 bits per heavy atom. The minimum absolute atomic E-state index is 0.174. The molecule has 0 saturated heterocycles. The van der Waals surface area contributed by atoms with E-state index in [4.69, 9.17) is 16.3 Å². The van der Waals surface area contributed by atoms with Crippen molar-refractivity contribution in [3.8, 4) is 0 Å². The third-order valence-corrected chi connectivity index (χ3v) is 3.46. The summed E-state index contributed by atoms with van der Waals surface area (Å²) in [5.41, 5.74) is 1.62. The molecule has 8 heteroatoms. The summed E-state index contributed by atoms with van der Waals surface area (Å²) in [4.78, 5) is 26.0. The van der Waals surface area contributed by atoms with Crippen molar-refractivity contribution in [2.45, 2.75) is 26.4 Å². The molecule has 1 N–H and O–H groups in total. The zero-order chi connectivity index (χ0) is 19.3. The largest absolute Gasteiger partial charge is 0.444 e. The maximum absolute atomic E-state index is 12.0. The van der Waals surface area contributed by atoms with Crippen LogP contribution in [-0.2, 0) is 4.74 Å². The second-order valence-corrected chi connectivity index (χ2v) is 6.87. The third kappa shape index (κ3) is 5.42. The lowest BCUT2D eigenvalue weighted by Gasteiger charge is -2.22. The second kappa shape index (κ2) is 8.14. The average molecular weight is 376 g/mol. The van der Waals surface area contributed by atoms with Crippen LogP contribution in [0.3, 0.4) is 0 Å². The minimum atomic E-state index is -0.574. The normalized spacial score (nSPS) is 11.5. The van der Waals surface area contributed by atoms with Gasteiger partial charge in [0, 0.05) is 37.8 Å². The first-order valence-corrected chi connectivity index (χ1v) is 8.36. The Kier molecular flexibility index (Phi) is 6.15. The van der Waals surface area contributed by atoms with Gasteiger partial charge in [0.2, 0.25) is 5.28 Å². The number of hydrogen-bond donors (Lipinski definition) is 1. The molecule has 0 saturated carbocycles. The molecule has 0 fully saturated rings. The van der Waals surface area contributed by atoms with E-state index in [9.17, 15) is 4.79 Å². The fourth-order valence-electron chi connectivity index (χ4n) is 2.18. The number of hydrogen-bond acceptors (Lipinski definition) is 6. The maximum Gasteiger partial charge on any atom is 0.412 e. The topological polar surface area (TPSA) is 79.7 Å². The van der Waals surface area contributed by atoms with Crippen molar-refractivity contribution in [2.24, 2.45) is 4.99 Å². The fourth-order valence-corrected chi connectivity index (χ4v) is 2.32. The molecule has 0 unspecified atom stereocenters. The third-order valence-electron chi connectivity index (χ3n) is 3.28.